The summed E-state index contributed by atoms with van der Waals surface area (Å²) in [5.74, 6) is -0.948. The van der Waals surface area contributed by atoms with Gasteiger partial charge < -0.3 is 24.7 Å². The number of rotatable bonds is 10. The van der Waals surface area contributed by atoms with Crippen LogP contribution in [0.15, 0.2) is 65.6 Å². The number of hydrogen-bond acceptors (Lipinski definition) is 7. The number of benzene rings is 2. The van der Waals surface area contributed by atoms with Crippen LogP contribution < -0.4 is 25.2 Å². The zero-order valence-electron chi connectivity index (χ0n) is 24.6. The standard InChI is InChI=1S/C28H24F6N4O4S.C2H6/c1-38(2)26-35-15-22(43-26)20-14-21(16-4-8-18(9-5-16)41-13-3-12-27(29,30)31)37-25(40)23(20)24(39)36-17-6-10-19(11-7-17)42-28(32,33)34;1-2/h4-11,14-15H,3,12-13H2,1-2H3,(H,36,39)(H,37,40);1-2H3. The Bertz CT molecular complexity index is 1620. The minimum atomic E-state index is -4.88. The second-order valence-electron chi connectivity index (χ2n) is 9.32. The summed E-state index contributed by atoms with van der Waals surface area (Å²) in [4.78, 5) is 35.9. The summed E-state index contributed by atoms with van der Waals surface area (Å²) < 4.78 is 83.7. The van der Waals surface area contributed by atoms with Crippen LogP contribution in [0, 0.1) is 0 Å². The molecular formula is C30H30F6N4O4S. The van der Waals surface area contributed by atoms with E-state index >= 15 is 0 Å². The van der Waals surface area contributed by atoms with Crippen molar-refractivity contribution < 1.29 is 40.6 Å². The van der Waals surface area contributed by atoms with Crippen molar-refractivity contribution in [1.82, 2.24) is 9.97 Å². The second-order valence-corrected chi connectivity index (χ2v) is 10.3. The summed E-state index contributed by atoms with van der Waals surface area (Å²) >= 11 is 1.23. The molecule has 4 aromatic rings. The number of ether oxygens (including phenoxy) is 2. The van der Waals surface area contributed by atoms with Crippen LogP contribution >= 0.6 is 11.3 Å². The summed E-state index contributed by atoms with van der Waals surface area (Å²) in [6.07, 6.45) is -8.78. The molecule has 0 atom stereocenters. The highest BCUT2D eigenvalue weighted by atomic mass is 32.1. The van der Waals surface area contributed by atoms with Crippen LogP contribution in [0.2, 0.25) is 0 Å². The minimum Gasteiger partial charge on any atom is -0.494 e. The molecule has 0 aliphatic carbocycles. The number of thiazole rings is 1. The van der Waals surface area contributed by atoms with Gasteiger partial charge in [-0.15, -0.1) is 13.2 Å². The van der Waals surface area contributed by atoms with Crippen LogP contribution in [0.4, 0.5) is 37.2 Å². The fourth-order valence-electron chi connectivity index (χ4n) is 3.86. The molecule has 0 bridgehead atoms. The number of carbonyl (C=O) groups is 1. The molecule has 0 saturated heterocycles. The number of alkyl halides is 6. The number of halogens is 6. The molecule has 2 aromatic heterocycles. The first kappa shape index (κ1) is 35.0. The third kappa shape index (κ3) is 10.3. The maximum absolute atomic E-state index is 13.3. The molecule has 4 rings (SSSR count). The molecule has 0 radical (unpaired) electrons. The highest BCUT2D eigenvalue weighted by molar-refractivity contribution is 7.18. The molecule has 2 N–H and O–H groups in total. The predicted molar refractivity (Wildman–Crippen MR) is 161 cm³/mol. The summed E-state index contributed by atoms with van der Waals surface area (Å²) in [6.45, 7) is 3.88. The van der Waals surface area contributed by atoms with Gasteiger partial charge in [-0.3, -0.25) is 9.59 Å². The van der Waals surface area contributed by atoms with Gasteiger partial charge in [0, 0.05) is 43.7 Å². The van der Waals surface area contributed by atoms with E-state index in [1.165, 1.54) is 29.7 Å². The summed E-state index contributed by atoms with van der Waals surface area (Å²) in [6, 6.07) is 12.3. The van der Waals surface area contributed by atoms with E-state index in [0.29, 0.717) is 27.0 Å². The maximum Gasteiger partial charge on any atom is 0.573 e. The number of nitrogens with zero attached hydrogens (tertiary/aromatic N) is 2. The van der Waals surface area contributed by atoms with Crippen LogP contribution in [0.25, 0.3) is 21.7 Å². The Labute approximate surface area is 258 Å². The molecule has 0 unspecified atom stereocenters. The largest absolute Gasteiger partial charge is 0.573 e. The number of pyridine rings is 1. The van der Waals surface area contributed by atoms with Gasteiger partial charge in [-0.2, -0.15) is 13.2 Å². The SMILES string of the molecule is CC.CN(C)c1ncc(-c2cc(-c3ccc(OCCCC(F)(F)F)cc3)[nH]c(=O)c2C(=O)Nc2ccc(OC(F)(F)F)cc2)s1. The molecule has 45 heavy (non-hydrogen) atoms. The molecule has 0 spiro atoms. The first-order chi connectivity index (χ1) is 21.2. The number of amides is 1. The molecule has 1 amide bonds. The topological polar surface area (TPSA) is 96.6 Å². The number of nitrogens with one attached hydrogen (secondary N) is 2. The van der Waals surface area contributed by atoms with E-state index in [-0.39, 0.29) is 29.8 Å². The smallest absolute Gasteiger partial charge is 0.494 e. The van der Waals surface area contributed by atoms with E-state index in [1.807, 2.05) is 13.8 Å². The number of hydrogen-bond donors (Lipinski definition) is 2. The molecule has 8 nitrogen and oxygen atoms in total. The Balaban J connectivity index is 0.00000271. The Kier molecular flexibility index (Phi) is 11.6. The van der Waals surface area contributed by atoms with Crippen LogP contribution in [-0.2, 0) is 0 Å². The number of aromatic nitrogens is 2. The van der Waals surface area contributed by atoms with Crippen molar-refractivity contribution in [2.24, 2.45) is 0 Å². The highest BCUT2D eigenvalue weighted by Gasteiger charge is 2.31. The summed E-state index contributed by atoms with van der Waals surface area (Å²) in [5.41, 5.74) is 0.260. The van der Waals surface area contributed by atoms with Gasteiger partial charge in [0.05, 0.1) is 11.5 Å². The molecule has 2 aromatic carbocycles. The second kappa shape index (κ2) is 15.0. The molecule has 0 aliphatic rings. The van der Waals surface area contributed by atoms with Gasteiger partial charge in [0.1, 0.15) is 17.1 Å². The van der Waals surface area contributed by atoms with E-state index < -0.39 is 36.2 Å². The van der Waals surface area contributed by atoms with Gasteiger partial charge in [-0.25, -0.2) is 4.98 Å². The fraction of sp³-hybridized carbons (Fsp3) is 0.300. The zero-order chi connectivity index (χ0) is 33.4. The van der Waals surface area contributed by atoms with E-state index in [4.69, 9.17) is 4.74 Å². The molecular weight excluding hydrogens is 626 g/mol. The van der Waals surface area contributed by atoms with Crippen molar-refractivity contribution in [3.63, 3.8) is 0 Å². The number of carbonyl (C=O) groups excluding carboxylic acids is 1. The van der Waals surface area contributed by atoms with Gasteiger partial charge in [-0.1, -0.05) is 25.2 Å². The van der Waals surface area contributed by atoms with Crippen LogP contribution in [0.5, 0.6) is 11.5 Å². The number of H-pyrrole nitrogens is 1. The Hall–Kier alpha value is -4.53. The lowest BCUT2D eigenvalue weighted by Gasteiger charge is -2.13. The number of aromatic amines is 1. The Morgan fingerprint density at radius 2 is 1.60 bits per heavy atom. The summed E-state index contributed by atoms with van der Waals surface area (Å²) in [5, 5.41) is 3.13. The van der Waals surface area contributed by atoms with Gasteiger partial charge in [0.15, 0.2) is 5.13 Å². The van der Waals surface area contributed by atoms with Crippen LogP contribution in [-0.4, -0.2) is 49.1 Å². The van der Waals surface area contributed by atoms with Crippen molar-refractivity contribution in [2.75, 3.05) is 30.9 Å². The Morgan fingerprint density at radius 3 is 2.16 bits per heavy atom. The van der Waals surface area contributed by atoms with Gasteiger partial charge in [-0.05, 0) is 66.6 Å². The van der Waals surface area contributed by atoms with Gasteiger partial charge >= 0.3 is 12.5 Å². The van der Waals surface area contributed by atoms with Gasteiger partial charge in [0.2, 0.25) is 0 Å². The quantitative estimate of drug-likeness (QED) is 0.132. The normalized spacial score (nSPS) is 11.3. The van der Waals surface area contributed by atoms with Crippen molar-refractivity contribution in [1.29, 1.82) is 0 Å². The lowest BCUT2D eigenvalue weighted by atomic mass is 10.0. The van der Waals surface area contributed by atoms with Crippen molar-refractivity contribution in [3.8, 4) is 33.2 Å². The fourth-order valence-corrected chi connectivity index (χ4v) is 4.72. The molecule has 0 fully saturated rings. The first-order valence-electron chi connectivity index (χ1n) is 13.6. The average Bonchev–Trinajstić information content (AvgIpc) is 3.47. The third-order valence-electron chi connectivity index (χ3n) is 5.79. The predicted octanol–water partition coefficient (Wildman–Crippen LogP) is 8.13. The first-order valence-corrected chi connectivity index (χ1v) is 14.4. The molecule has 0 aliphatic heterocycles. The van der Waals surface area contributed by atoms with Crippen LogP contribution in [0.1, 0.15) is 37.0 Å². The van der Waals surface area contributed by atoms with Crippen LogP contribution in [0.3, 0.4) is 0 Å². The minimum absolute atomic E-state index is 0.123. The van der Waals surface area contributed by atoms with Crippen molar-refractivity contribution in [2.45, 2.75) is 39.2 Å². The van der Waals surface area contributed by atoms with E-state index in [2.05, 4.69) is 20.0 Å². The van der Waals surface area contributed by atoms with E-state index in [9.17, 15) is 35.9 Å². The molecule has 2 heterocycles. The maximum atomic E-state index is 13.3. The third-order valence-corrected chi connectivity index (χ3v) is 6.98. The molecule has 15 heteroatoms. The van der Waals surface area contributed by atoms with Gasteiger partial charge in [0.25, 0.3) is 11.5 Å². The van der Waals surface area contributed by atoms with E-state index in [0.717, 1.165) is 12.1 Å². The zero-order valence-corrected chi connectivity index (χ0v) is 25.4. The Morgan fingerprint density at radius 1 is 0.978 bits per heavy atom. The van der Waals surface area contributed by atoms with Crippen molar-refractivity contribution in [3.05, 3.63) is 76.7 Å². The highest BCUT2D eigenvalue weighted by Crippen LogP contribution is 2.34. The van der Waals surface area contributed by atoms with Crippen molar-refractivity contribution >= 4 is 28.1 Å². The lowest BCUT2D eigenvalue weighted by molar-refractivity contribution is -0.274. The monoisotopic (exact) mass is 656 g/mol. The summed E-state index contributed by atoms with van der Waals surface area (Å²) in [7, 11) is 3.55. The average molecular weight is 657 g/mol. The molecule has 242 valence electrons. The van der Waals surface area contributed by atoms with E-state index in [1.54, 1.807) is 49.3 Å². The molecule has 0 saturated carbocycles. The number of anilines is 2. The lowest BCUT2D eigenvalue weighted by Crippen LogP contribution is -2.24.